The summed E-state index contributed by atoms with van der Waals surface area (Å²) in [6, 6.07) is 9.79. The van der Waals surface area contributed by atoms with Gasteiger partial charge in [0.1, 0.15) is 11.4 Å². The number of nitrogens with one attached hydrogen (secondary N) is 2. The number of amides is 1. The van der Waals surface area contributed by atoms with E-state index in [1.807, 2.05) is 6.07 Å². The third kappa shape index (κ3) is 4.51. The Morgan fingerprint density at radius 2 is 1.81 bits per heavy atom. The smallest absolute Gasteiger partial charge is 0.245 e. The molecule has 2 heterocycles. The van der Waals surface area contributed by atoms with Crippen LogP contribution in [-0.4, -0.2) is 33.4 Å². The number of pyridine rings is 1. The molecule has 1 amide bonds. The van der Waals surface area contributed by atoms with Crippen LogP contribution in [0, 0.1) is 5.82 Å². The SMILES string of the molecule is CNC(=O)C1(Nc2ncc(Cl)c(-c3ccnc(-c4ccc(F)cc4)c3)n2)CCCCC1. The van der Waals surface area contributed by atoms with Gasteiger partial charge in [-0.25, -0.2) is 14.4 Å². The second-order valence-electron chi connectivity index (χ2n) is 7.67. The van der Waals surface area contributed by atoms with E-state index >= 15 is 0 Å². The third-order valence-corrected chi connectivity index (χ3v) is 5.91. The number of anilines is 1. The predicted octanol–water partition coefficient (Wildman–Crippen LogP) is 4.86. The summed E-state index contributed by atoms with van der Waals surface area (Å²) in [5.74, 6) is -0.0120. The van der Waals surface area contributed by atoms with Crippen molar-refractivity contribution in [1.29, 1.82) is 0 Å². The van der Waals surface area contributed by atoms with Gasteiger partial charge in [0, 0.05) is 24.4 Å². The van der Waals surface area contributed by atoms with Crippen molar-refractivity contribution in [3.8, 4) is 22.5 Å². The molecule has 0 atom stereocenters. The average molecular weight is 440 g/mol. The van der Waals surface area contributed by atoms with Crippen LogP contribution in [0.5, 0.6) is 0 Å². The molecule has 0 aliphatic heterocycles. The molecule has 0 unspecified atom stereocenters. The highest BCUT2D eigenvalue weighted by atomic mass is 35.5. The minimum absolute atomic E-state index is 0.0604. The molecule has 8 heteroatoms. The molecule has 3 aromatic rings. The summed E-state index contributed by atoms with van der Waals surface area (Å²) in [4.78, 5) is 26.0. The van der Waals surface area contributed by atoms with E-state index in [2.05, 4.69) is 25.6 Å². The van der Waals surface area contributed by atoms with Crippen molar-refractivity contribution in [3.05, 3.63) is 59.6 Å². The Labute approximate surface area is 185 Å². The highest BCUT2D eigenvalue weighted by molar-refractivity contribution is 6.32. The van der Waals surface area contributed by atoms with Gasteiger partial charge in [-0.1, -0.05) is 30.9 Å². The van der Waals surface area contributed by atoms with E-state index < -0.39 is 5.54 Å². The number of likely N-dealkylation sites (N-methyl/N-ethyl adjacent to an activating group) is 1. The van der Waals surface area contributed by atoms with Crippen LogP contribution in [0.2, 0.25) is 5.02 Å². The molecule has 1 fully saturated rings. The highest BCUT2D eigenvalue weighted by Gasteiger charge is 2.39. The zero-order chi connectivity index (χ0) is 21.8. The van der Waals surface area contributed by atoms with Crippen LogP contribution in [-0.2, 0) is 4.79 Å². The van der Waals surface area contributed by atoms with Crippen LogP contribution in [0.4, 0.5) is 10.3 Å². The van der Waals surface area contributed by atoms with Gasteiger partial charge in [0.2, 0.25) is 11.9 Å². The minimum atomic E-state index is -0.727. The van der Waals surface area contributed by atoms with Crippen molar-refractivity contribution >= 4 is 23.5 Å². The Kier molecular flexibility index (Phi) is 6.13. The van der Waals surface area contributed by atoms with Gasteiger partial charge in [0.25, 0.3) is 0 Å². The third-order valence-electron chi connectivity index (χ3n) is 5.64. The Morgan fingerprint density at radius 3 is 2.52 bits per heavy atom. The van der Waals surface area contributed by atoms with Crippen LogP contribution >= 0.6 is 11.6 Å². The summed E-state index contributed by atoms with van der Waals surface area (Å²) >= 11 is 6.42. The molecular weight excluding hydrogens is 417 g/mol. The molecule has 6 nitrogen and oxygen atoms in total. The topological polar surface area (TPSA) is 79.8 Å². The average Bonchev–Trinajstić information content (AvgIpc) is 2.81. The highest BCUT2D eigenvalue weighted by Crippen LogP contribution is 2.33. The molecule has 4 rings (SSSR count). The van der Waals surface area contributed by atoms with Crippen molar-refractivity contribution in [2.45, 2.75) is 37.6 Å². The Bertz CT molecular complexity index is 1080. The predicted molar refractivity (Wildman–Crippen MR) is 119 cm³/mol. The van der Waals surface area contributed by atoms with Gasteiger partial charge in [-0.15, -0.1) is 0 Å². The molecular formula is C23H23ClFN5O. The first kappa shape index (κ1) is 21.2. The van der Waals surface area contributed by atoms with Crippen LogP contribution in [0.25, 0.3) is 22.5 Å². The molecule has 1 saturated carbocycles. The first-order valence-corrected chi connectivity index (χ1v) is 10.6. The lowest BCUT2D eigenvalue weighted by atomic mass is 9.81. The van der Waals surface area contributed by atoms with Crippen molar-refractivity contribution < 1.29 is 9.18 Å². The van der Waals surface area contributed by atoms with Crippen molar-refractivity contribution in [2.24, 2.45) is 0 Å². The molecule has 2 N–H and O–H groups in total. The van der Waals surface area contributed by atoms with Crippen LogP contribution in [0.15, 0.2) is 48.8 Å². The minimum Gasteiger partial charge on any atom is -0.357 e. The molecule has 1 aromatic carbocycles. The number of hydrogen-bond acceptors (Lipinski definition) is 5. The summed E-state index contributed by atoms with van der Waals surface area (Å²) < 4.78 is 13.3. The van der Waals surface area contributed by atoms with Gasteiger partial charge >= 0.3 is 0 Å². The summed E-state index contributed by atoms with van der Waals surface area (Å²) in [5.41, 5.74) is 2.02. The van der Waals surface area contributed by atoms with Crippen LogP contribution < -0.4 is 10.6 Å². The van der Waals surface area contributed by atoms with Gasteiger partial charge in [0.15, 0.2) is 0 Å². The lowest BCUT2D eigenvalue weighted by Gasteiger charge is -2.36. The van der Waals surface area contributed by atoms with E-state index in [1.165, 1.54) is 18.3 Å². The second-order valence-corrected chi connectivity index (χ2v) is 8.08. The van der Waals surface area contributed by atoms with E-state index in [0.29, 0.717) is 22.4 Å². The number of nitrogens with zero attached hydrogens (tertiary/aromatic N) is 3. The summed E-state index contributed by atoms with van der Waals surface area (Å²) in [6.45, 7) is 0. The van der Waals surface area contributed by atoms with Gasteiger partial charge in [-0.05, 0) is 49.2 Å². The number of halogens is 2. The second kappa shape index (κ2) is 8.98. The van der Waals surface area contributed by atoms with Gasteiger partial charge < -0.3 is 10.6 Å². The Balaban J connectivity index is 1.67. The number of benzene rings is 1. The summed E-state index contributed by atoms with van der Waals surface area (Å²) in [7, 11) is 1.64. The zero-order valence-electron chi connectivity index (χ0n) is 17.2. The first-order valence-electron chi connectivity index (χ1n) is 10.3. The van der Waals surface area contributed by atoms with Crippen LogP contribution in [0.1, 0.15) is 32.1 Å². The number of aromatic nitrogens is 3. The molecule has 0 spiro atoms. The largest absolute Gasteiger partial charge is 0.357 e. The van der Waals surface area contributed by atoms with E-state index in [-0.39, 0.29) is 11.7 Å². The molecule has 0 bridgehead atoms. The molecule has 160 valence electrons. The molecule has 31 heavy (non-hydrogen) atoms. The number of carbonyl (C=O) groups is 1. The summed E-state index contributed by atoms with van der Waals surface area (Å²) in [5, 5.41) is 6.44. The lowest BCUT2D eigenvalue weighted by Crippen LogP contribution is -2.53. The van der Waals surface area contributed by atoms with Gasteiger partial charge in [-0.3, -0.25) is 9.78 Å². The molecule has 1 aliphatic rings. The van der Waals surface area contributed by atoms with Crippen LogP contribution in [0.3, 0.4) is 0 Å². The molecule has 0 saturated heterocycles. The Hall–Kier alpha value is -3.06. The fourth-order valence-corrected chi connectivity index (χ4v) is 4.20. The maximum atomic E-state index is 13.3. The van der Waals surface area contributed by atoms with E-state index in [9.17, 15) is 9.18 Å². The lowest BCUT2D eigenvalue weighted by molar-refractivity contribution is -0.126. The maximum absolute atomic E-state index is 13.3. The number of carbonyl (C=O) groups excluding carboxylic acids is 1. The first-order chi connectivity index (χ1) is 15.0. The van der Waals surface area contributed by atoms with Crippen molar-refractivity contribution in [2.75, 3.05) is 12.4 Å². The fraction of sp³-hybridized carbons (Fsp3) is 0.304. The zero-order valence-corrected chi connectivity index (χ0v) is 17.9. The molecule has 2 aromatic heterocycles. The fourth-order valence-electron chi connectivity index (χ4n) is 4.00. The molecule has 1 aliphatic carbocycles. The van der Waals surface area contributed by atoms with Crippen molar-refractivity contribution in [1.82, 2.24) is 20.3 Å². The number of rotatable bonds is 5. The molecule has 0 radical (unpaired) electrons. The van der Waals surface area contributed by atoms with E-state index in [0.717, 1.165) is 43.2 Å². The van der Waals surface area contributed by atoms with E-state index in [4.69, 9.17) is 11.6 Å². The van der Waals surface area contributed by atoms with Gasteiger partial charge in [0.05, 0.1) is 22.6 Å². The van der Waals surface area contributed by atoms with E-state index in [1.54, 1.807) is 31.4 Å². The summed E-state index contributed by atoms with van der Waals surface area (Å²) in [6.07, 6.45) is 7.67. The quantitative estimate of drug-likeness (QED) is 0.593. The maximum Gasteiger partial charge on any atom is 0.245 e. The normalized spacial score (nSPS) is 15.3. The van der Waals surface area contributed by atoms with Gasteiger partial charge in [-0.2, -0.15) is 0 Å². The number of hydrogen-bond donors (Lipinski definition) is 2. The Morgan fingerprint density at radius 1 is 1.06 bits per heavy atom. The standard InChI is InChI=1S/C23H23ClFN5O/c1-26-21(31)23(10-3-2-4-11-23)30-22-28-14-18(24)20(29-22)16-9-12-27-19(13-16)15-5-7-17(25)8-6-15/h5-9,12-14H,2-4,10-11H2,1H3,(H,26,31)(H,28,29,30). The van der Waals surface area contributed by atoms with Crippen molar-refractivity contribution in [3.63, 3.8) is 0 Å². The monoisotopic (exact) mass is 439 g/mol.